The molecule has 1 amide bonds. The monoisotopic (exact) mass is 353 g/mol. The van der Waals surface area contributed by atoms with Gasteiger partial charge in [-0.3, -0.25) is 19.6 Å². The Kier molecular flexibility index (Phi) is 4.94. The highest BCUT2D eigenvalue weighted by Crippen LogP contribution is 2.17. The van der Waals surface area contributed by atoms with Gasteiger partial charge in [0.1, 0.15) is 5.65 Å². The third kappa shape index (κ3) is 3.70. The van der Waals surface area contributed by atoms with Gasteiger partial charge in [0.05, 0.1) is 17.0 Å². The third-order valence-corrected chi connectivity index (χ3v) is 4.12. The molecule has 1 atom stereocenters. The fourth-order valence-corrected chi connectivity index (χ4v) is 2.74. The molecular weight excluding hydrogens is 334 g/mol. The van der Waals surface area contributed by atoms with Crippen molar-refractivity contribution in [1.82, 2.24) is 25.2 Å². The number of hydrogen-bond donors (Lipinski definition) is 3. The second-order valence-corrected chi connectivity index (χ2v) is 6.13. The van der Waals surface area contributed by atoms with E-state index < -0.39 is 11.2 Å². The van der Waals surface area contributed by atoms with Gasteiger partial charge in [0.2, 0.25) is 0 Å². The van der Waals surface area contributed by atoms with Crippen LogP contribution in [0.2, 0.25) is 0 Å². The smallest absolute Gasteiger partial charge is 0.327 e. The molecule has 3 N–H and O–H groups in total. The molecule has 26 heavy (non-hydrogen) atoms. The number of nitrogens with one attached hydrogen (secondary N) is 3. The van der Waals surface area contributed by atoms with Crippen LogP contribution >= 0.6 is 0 Å². The normalized spacial score (nSPS) is 12.3. The number of aromatic amines is 2. The molecule has 0 aliphatic carbocycles. The summed E-state index contributed by atoms with van der Waals surface area (Å²) in [6.07, 6.45) is 1.33. The number of carbonyl (C=O) groups excluding carboxylic acids is 1. The summed E-state index contributed by atoms with van der Waals surface area (Å²) in [5.41, 5.74) is 0.264. The van der Waals surface area contributed by atoms with E-state index in [9.17, 15) is 14.4 Å². The van der Waals surface area contributed by atoms with Gasteiger partial charge >= 0.3 is 5.69 Å². The summed E-state index contributed by atoms with van der Waals surface area (Å²) in [5.74, 6) is -0.340. The number of carbonyl (C=O) groups is 1. The number of amides is 1. The molecule has 0 aliphatic rings. The Morgan fingerprint density at radius 1 is 1.19 bits per heavy atom. The fraction of sp³-hybridized carbons (Fsp3) is 0.222. The van der Waals surface area contributed by atoms with Gasteiger partial charge in [0.15, 0.2) is 0 Å². The predicted octanol–water partition coefficient (Wildman–Crippen LogP) is 0.644. The Morgan fingerprint density at radius 3 is 2.62 bits per heavy atom. The van der Waals surface area contributed by atoms with Crippen molar-refractivity contribution in [3.63, 3.8) is 0 Å². The number of likely N-dealkylation sites (N-methyl/N-ethyl adjacent to an activating group) is 1. The number of pyridine rings is 1. The molecule has 0 saturated heterocycles. The lowest BCUT2D eigenvalue weighted by Crippen LogP contribution is -2.34. The standard InChI is InChI=1S/C18H19N5O3/c1-23(2)14(11-6-4-3-5-7-11)10-20-16(24)12-8-13-15(19-9-12)21-18(26)22-17(13)25/h3-9,14H,10H2,1-2H3,(H,20,24)(H2,19,21,22,25,26). The van der Waals surface area contributed by atoms with Crippen molar-refractivity contribution in [2.75, 3.05) is 20.6 Å². The van der Waals surface area contributed by atoms with Crippen LogP contribution in [-0.4, -0.2) is 46.4 Å². The molecule has 0 radical (unpaired) electrons. The molecule has 2 aromatic heterocycles. The zero-order valence-electron chi connectivity index (χ0n) is 14.4. The first-order valence-electron chi connectivity index (χ1n) is 8.07. The Bertz CT molecular complexity index is 1040. The van der Waals surface area contributed by atoms with Gasteiger partial charge in [-0.1, -0.05) is 30.3 Å². The first-order valence-corrected chi connectivity index (χ1v) is 8.07. The number of aromatic nitrogens is 3. The summed E-state index contributed by atoms with van der Waals surface area (Å²) in [6.45, 7) is 0.399. The highest BCUT2D eigenvalue weighted by molar-refractivity contribution is 5.96. The van der Waals surface area contributed by atoms with Crippen molar-refractivity contribution in [3.05, 3.63) is 74.6 Å². The predicted molar refractivity (Wildman–Crippen MR) is 98.2 cm³/mol. The summed E-state index contributed by atoms with van der Waals surface area (Å²) in [7, 11) is 3.88. The SMILES string of the molecule is CN(C)C(CNC(=O)c1cnc2[nH]c(=O)[nH]c(=O)c2c1)c1ccccc1. The van der Waals surface area contributed by atoms with Crippen LogP contribution in [0.1, 0.15) is 22.0 Å². The molecule has 1 aromatic carbocycles. The van der Waals surface area contributed by atoms with Crippen molar-refractivity contribution < 1.29 is 4.79 Å². The molecule has 0 fully saturated rings. The number of benzene rings is 1. The maximum absolute atomic E-state index is 12.5. The highest BCUT2D eigenvalue weighted by Gasteiger charge is 2.16. The van der Waals surface area contributed by atoms with Crippen LogP contribution in [0.4, 0.5) is 0 Å². The molecule has 3 aromatic rings. The molecule has 0 saturated carbocycles. The van der Waals surface area contributed by atoms with Crippen molar-refractivity contribution in [2.24, 2.45) is 0 Å². The van der Waals surface area contributed by atoms with E-state index in [2.05, 4.69) is 20.3 Å². The van der Waals surface area contributed by atoms with Gasteiger partial charge in [-0.25, -0.2) is 9.78 Å². The topological polar surface area (TPSA) is 111 Å². The van der Waals surface area contributed by atoms with Crippen LogP contribution in [0.25, 0.3) is 11.0 Å². The summed E-state index contributed by atoms with van der Waals surface area (Å²) in [6, 6.07) is 11.3. The van der Waals surface area contributed by atoms with E-state index in [1.807, 2.05) is 49.3 Å². The quantitative estimate of drug-likeness (QED) is 0.623. The Morgan fingerprint density at radius 2 is 1.92 bits per heavy atom. The molecule has 8 heteroatoms. The number of rotatable bonds is 5. The van der Waals surface area contributed by atoms with Crippen LogP contribution in [0, 0.1) is 0 Å². The fourth-order valence-electron chi connectivity index (χ4n) is 2.74. The summed E-state index contributed by atoms with van der Waals surface area (Å²) < 4.78 is 0. The van der Waals surface area contributed by atoms with Gasteiger partial charge in [-0.2, -0.15) is 0 Å². The Balaban J connectivity index is 1.80. The van der Waals surface area contributed by atoms with E-state index in [-0.39, 0.29) is 28.5 Å². The second kappa shape index (κ2) is 7.32. The molecule has 3 rings (SSSR count). The van der Waals surface area contributed by atoms with E-state index in [0.717, 1.165) is 5.56 Å². The molecule has 1 unspecified atom stereocenters. The zero-order valence-corrected chi connectivity index (χ0v) is 14.4. The Hall–Kier alpha value is -3.26. The molecule has 134 valence electrons. The van der Waals surface area contributed by atoms with E-state index in [0.29, 0.717) is 6.54 Å². The van der Waals surface area contributed by atoms with E-state index in [1.165, 1.54) is 12.3 Å². The van der Waals surface area contributed by atoms with Crippen molar-refractivity contribution in [3.8, 4) is 0 Å². The van der Waals surface area contributed by atoms with Crippen LogP contribution in [0.15, 0.2) is 52.2 Å². The van der Waals surface area contributed by atoms with Gasteiger partial charge in [0.25, 0.3) is 11.5 Å². The van der Waals surface area contributed by atoms with Gasteiger partial charge in [0, 0.05) is 12.7 Å². The minimum absolute atomic E-state index is 0.00771. The summed E-state index contributed by atoms with van der Waals surface area (Å²) in [5, 5.41) is 3.03. The maximum atomic E-state index is 12.5. The lowest BCUT2D eigenvalue weighted by atomic mass is 10.1. The van der Waals surface area contributed by atoms with Crippen LogP contribution in [0.3, 0.4) is 0 Å². The molecule has 0 spiro atoms. The van der Waals surface area contributed by atoms with E-state index in [4.69, 9.17) is 0 Å². The summed E-state index contributed by atoms with van der Waals surface area (Å²) >= 11 is 0. The van der Waals surface area contributed by atoms with Crippen molar-refractivity contribution >= 4 is 16.9 Å². The second-order valence-electron chi connectivity index (χ2n) is 6.13. The van der Waals surface area contributed by atoms with Gasteiger partial charge in [-0.15, -0.1) is 0 Å². The average molecular weight is 353 g/mol. The number of H-pyrrole nitrogens is 2. The molecule has 8 nitrogen and oxygen atoms in total. The lowest BCUT2D eigenvalue weighted by molar-refractivity contribution is 0.0941. The summed E-state index contributed by atoms with van der Waals surface area (Å²) in [4.78, 5) is 46.2. The molecule has 0 aliphatic heterocycles. The lowest BCUT2D eigenvalue weighted by Gasteiger charge is -2.25. The number of fused-ring (bicyclic) bond motifs is 1. The average Bonchev–Trinajstić information content (AvgIpc) is 2.62. The molecular formula is C18H19N5O3. The van der Waals surface area contributed by atoms with Crippen LogP contribution < -0.4 is 16.6 Å². The first-order chi connectivity index (χ1) is 12.5. The number of hydrogen-bond acceptors (Lipinski definition) is 5. The van der Waals surface area contributed by atoms with Crippen LogP contribution in [0.5, 0.6) is 0 Å². The van der Waals surface area contributed by atoms with Crippen LogP contribution in [-0.2, 0) is 0 Å². The molecule has 2 heterocycles. The largest absolute Gasteiger partial charge is 0.350 e. The highest BCUT2D eigenvalue weighted by atomic mass is 16.2. The zero-order chi connectivity index (χ0) is 18.7. The van der Waals surface area contributed by atoms with Gasteiger partial charge in [-0.05, 0) is 25.7 Å². The van der Waals surface area contributed by atoms with Crippen molar-refractivity contribution in [1.29, 1.82) is 0 Å². The Labute approximate surface area is 148 Å². The number of nitrogens with zero attached hydrogens (tertiary/aromatic N) is 2. The van der Waals surface area contributed by atoms with E-state index in [1.54, 1.807) is 0 Å². The molecule has 0 bridgehead atoms. The van der Waals surface area contributed by atoms with Gasteiger partial charge < -0.3 is 10.2 Å². The third-order valence-electron chi connectivity index (χ3n) is 4.12. The minimum Gasteiger partial charge on any atom is -0.350 e. The first kappa shape index (κ1) is 17.6. The maximum Gasteiger partial charge on any atom is 0.327 e. The van der Waals surface area contributed by atoms with E-state index >= 15 is 0 Å². The minimum atomic E-state index is -0.635. The van der Waals surface area contributed by atoms with Crippen molar-refractivity contribution in [2.45, 2.75) is 6.04 Å².